The van der Waals surface area contributed by atoms with E-state index < -0.39 is 0 Å². The molecule has 0 radical (unpaired) electrons. The van der Waals surface area contributed by atoms with Crippen molar-refractivity contribution in [3.05, 3.63) is 126 Å². The molecule has 6 aromatic rings. The Morgan fingerprint density at radius 3 is 2.69 bits per heavy atom. The monoisotopic (exact) mass is 568 g/mol. The number of pyridine rings is 2. The van der Waals surface area contributed by atoms with Crippen LogP contribution in [0.15, 0.2) is 110 Å². The van der Waals surface area contributed by atoms with Crippen molar-refractivity contribution < 1.29 is 0 Å². The van der Waals surface area contributed by atoms with Crippen molar-refractivity contribution in [2.24, 2.45) is 0 Å². The first-order valence-corrected chi connectivity index (χ1v) is 14.7. The van der Waals surface area contributed by atoms with Crippen LogP contribution in [-0.4, -0.2) is 31.7 Å². The molecular weight excluding hydrogens is 536 g/mol. The average molecular weight is 569 g/mol. The van der Waals surface area contributed by atoms with Crippen LogP contribution in [0, 0.1) is 0 Å². The quantitative estimate of drug-likeness (QED) is 0.145. The highest BCUT2D eigenvalue weighted by Gasteiger charge is 2.17. The Bertz CT molecular complexity index is 1970. The first-order chi connectivity index (χ1) is 20.5. The maximum absolute atomic E-state index is 5.06. The SMILES string of the molecule is C=C/C(=C\C(=C/C)c1ccc2[nH]nc(-c3cc4c(-c5ccc(C(=C)C)s5)ccnc4[nH]3)c2n1)CNCc1ccccc1. The summed E-state index contributed by atoms with van der Waals surface area (Å²) in [6, 6.07) is 22.9. The smallest absolute Gasteiger partial charge is 0.138 e. The summed E-state index contributed by atoms with van der Waals surface area (Å²) in [5.74, 6) is 0. The molecule has 5 aromatic heterocycles. The van der Waals surface area contributed by atoms with Gasteiger partial charge in [0.05, 0.1) is 16.9 Å². The van der Waals surface area contributed by atoms with Gasteiger partial charge in [0.25, 0.3) is 0 Å². The summed E-state index contributed by atoms with van der Waals surface area (Å²) in [6.45, 7) is 13.7. The van der Waals surface area contributed by atoms with Gasteiger partial charge in [0, 0.05) is 40.0 Å². The molecule has 0 aliphatic carbocycles. The first-order valence-electron chi connectivity index (χ1n) is 13.9. The van der Waals surface area contributed by atoms with Gasteiger partial charge in [0.1, 0.15) is 16.9 Å². The van der Waals surface area contributed by atoms with Gasteiger partial charge in [-0.1, -0.05) is 55.6 Å². The second-order valence-electron chi connectivity index (χ2n) is 10.2. The van der Waals surface area contributed by atoms with Crippen LogP contribution in [0.2, 0.25) is 0 Å². The minimum atomic E-state index is 0.706. The zero-order valence-electron chi connectivity index (χ0n) is 23.7. The average Bonchev–Trinajstić information content (AvgIpc) is 3.77. The Balaban J connectivity index is 1.30. The molecule has 208 valence electrons. The van der Waals surface area contributed by atoms with Crippen molar-refractivity contribution in [3.63, 3.8) is 0 Å². The number of aromatic amines is 2. The third-order valence-corrected chi connectivity index (χ3v) is 8.48. The van der Waals surface area contributed by atoms with Crippen LogP contribution >= 0.6 is 11.3 Å². The van der Waals surface area contributed by atoms with Crippen LogP contribution in [0.5, 0.6) is 0 Å². The standard InChI is InChI=1S/C35H32N6S/c1-5-23(20-36-21-24-10-8-7-9-11-24)18-25(6-2)28-12-13-29-33(38-28)34(41-40-29)30-19-27-26(16-17-37-35(27)39-30)32-15-14-31(42-32)22(3)4/h5-19,36H,1,3,20-21H2,2,4H3,(H,37,39)(H,40,41)/b23-18+,25-6+. The Kier molecular flexibility index (Phi) is 7.77. The molecule has 0 bridgehead atoms. The lowest BCUT2D eigenvalue weighted by atomic mass is 10.1. The van der Waals surface area contributed by atoms with Crippen LogP contribution in [0.4, 0.5) is 0 Å². The van der Waals surface area contributed by atoms with E-state index in [4.69, 9.17) is 4.98 Å². The predicted molar refractivity (Wildman–Crippen MR) is 177 cm³/mol. The number of hydrogen-bond acceptors (Lipinski definition) is 5. The zero-order valence-corrected chi connectivity index (χ0v) is 24.6. The van der Waals surface area contributed by atoms with E-state index >= 15 is 0 Å². The molecule has 0 aliphatic rings. The number of hydrogen-bond donors (Lipinski definition) is 3. The second kappa shape index (κ2) is 11.9. The highest BCUT2D eigenvalue weighted by Crippen LogP contribution is 2.37. The van der Waals surface area contributed by atoms with Crippen molar-refractivity contribution in [3.8, 4) is 21.8 Å². The molecular formula is C35H32N6S. The Morgan fingerprint density at radius 1 is 1.07 bits per heavy atom. The lowest BCUT2D eigenvalue weighted by Gasteiger charge is -2.08. The van der Waals surface area contributed by atoms with Crippen LogP contribution in [0.3, 0.4) is 0 Å². The molecule has 0 saturated carbocycles. The highest BCUT2D eigenvalue weighted by molar-refractivity contribution is 7.16. The summed E-state index contributed by atoms with van der Waals surface area (Å²) >= 11 is 1.74. The van der Waals surface area contributed by atoms with Gasteiger partial charge in [0.2, 0.25) is 0 Å². The molecule has 0 amide bonds. The number of rotatable bonds is 10. The van der Waals surface area contributed by atoms with Crippen molar-refractivity contribution in [2.45, 2.75) is 20.4 Å². The Morgan fingerprint density at radius 2 is 1.93 bits per heavy atom. The summed E-state index contributed by atoms with van der Waals surface area (Å²) in [7, 11) is 0. The van der Waals surface area contributed by atoms with E-state index in [1.165, 1.54) is 15.3 Å². The van der Waals surface area contributed by atoms with E-state index in [-0.39, 0.29) is 0 Å². The minimum absolute atomic E-state index is 0.706. The molecule has 5 heterocycles. The van der Waals surface area contributed by atoms with Crippen molar-refractivity contribution in [2.75, 3.05) is 6.54 Å². The van der Waals surface area contributed by atoms with Crippen molar-refractivity contribution in [1.82, 2.24) is 30.5 Å². The molecule has 0 spiro atoms. The van der Waals surface area contributed by atoms with Gasteiger partial charge in [-0.05, 0) is 78.6 Å². The minimum Gasteiger partial charge on any atom is -0.338 e. The van der Waals surface area contributed by atoms with Gasteiger partial charge in [-0.15, -0.1) is 11.3 Å². The molecule has 3 N–H and O–H groups in total. The number of aromatic nitrogens is 5. The third-order valence-electron chi connectivity index (χ3n) is 7.20. The van der Waals surface area contributed by atoms with Crippen molar-refractivity contribution in [1.29, 1.82) is 0 Å². The van der Waals surface area contributed by atoms with E-state index in [2.05, 4.69) is 99.3 Å². The van der Waals surface area contributed by atoms with E-state index in [0.29, 0.717) is 6.54 Å². The number of allylic oxidation sites excluding steroid dienone is 4. The third kappa shape index (κ3) is 5.52. The molecule has 42 heavy (non-hydrogen) atoms. The summed E-state index contributed by atoms with van der Waals surface area (Å²) in [6.07, 6.45) is 7.95. The summed E-state index contributed by atoms with van der Waals surface area (Å²) in [5.41, 5.74) is 10.5. The molecule has 0 atom stereocenters. The number of nitrogens with one attached hydrogen (secondary N) is 3. The summed E-state index contributed by atoms with van der Waals surface area (Å²) in [4.78, 5) is 15.5. The van der Waals surface area contributed by atoms with Crippen LogP contribution < -0.4 is 5.32 Å². The van der Waals surface area contributed by atoms with Crippen molar-refractivity contribution >= 4 is 44.5 Å². The topological polar surface area (TPSA) is 82.3 Å². The molecule has 0 unspecified atom stereocenters. The van der Waals surface area contributed by atoms with E-state index in [1.54, 1.807) is 11.3 Å². The van der Waals surface area contributed by atoms with E-state index in [1.807, 2.05) is 44.3 Å². The number of thiophene rings is 1. The fraction of sp³-hybridized carbons (Fsp3) is 0.114. The van der Waals surface area contributed by atoms with Crippen LogP contribution in [0.1, 0.15) is 30.0 Å². The number of fused-ring (bicyclic) bond motifs is 2. The number of nitrogens with zero attached hydrogens (tertiary/aromatic N) is 3. The fourth-order valence-electron chi connectivity index (χ4n) is 4.96. The lowest BCUT2D eigenvalue weighted by Crippen LogP contribution is -2.16. The Labute approximate surface area is 249 Å². The van der Waals surface area contributed by atoms with Gasteiger partial charge in [-0.2, -0.15) is 5.10 Å². The normalized spacial score (nSPS) is 12.3. The summed E-state index contributed by atoms with van der Waals surface area (Å²) < 4.78 is 0. The maximum atomic E-state index is 5.06. The number of H-pyrrole nitrogens is 2. The molecule has 1 aromatic carbocycles. The largest absolute Gasteiger partial charge is 0.338 e. The zero-order chi connectivity index (χ0) is 29.1. The van der Waals surface area contributed by atoms with Crippen LogP contribution in [0.25, 0.3) is 55.0 Å². The number of benzene rings is 1. The molecule has 0 aliphatic heterocycles. The maximum Gasteiger partial charge on any atom is 0.138 e. The summed E-state index contributed by atoms with van der Waals surface area (Å²) in [5, 5.41) is 12.4. The van der Waals surface area contributed by atoms with Gasteiger partial charge < -0.3 is 10.3 Å². The van der Waals surface area contributed by atoms with Gasteiger partial charge in [0.15, 0.2) is 0 Å². The molecule has 6 nitrogen and oxygen atoms in total. The molecule has 7 heteroatoms. The van der Waals surface area contributed by atoms with Gasteiger partial charge >= 0.3 is 0 Å². The first kappa shape index (κ1) is 27.3. The lowest BCUT2D eigenvalue weighted by molar-refractivity contribution is 0.747. The molecule has 0 saturated heterocycles. The molecule has 6 rings (SSSR count). The van der Waals surface area contributed by atoms with Crippen LogP contribution in [-0.2, 0) is 6.54 Å². The van der Waals surface area contributed by atoms with E-state index in [0.717, 1.165) is 68.0 Å². The molecule has 0 fully saturated rings. The fourth-order valence-corrected chi connectivity index (χ4v) is 5.93. The van der Waals surface area contributed by atoms with E-state index in [9.17, 15) is 0 Å². The van der Waals surface area contributed by atoms with Gasteiger partial charge in [-0.3, -0.25) is 5.10 Å². The second-order valence-corrected chi connectivity index (χ2v) is 11.3. The highest BCUT2D eigenvalue weighted by atomic mass is 32.1. The van der Waals surface area contributed by atoms with Gasteiger partial charge in [-0.25, -0.2) is 9.97 Å². The Hall–Kier alpha value is -4.85. The predicted octanol–water partition coefficient (Wildman–Crippen LogP) is 8.57.